The Hall–Kier alpha value is 1.39. The predicted molar refractivity (Wildman–Crippen MR) is 53.1 cm³/mol. The van der Waals surface area contributed by atoms with Gasteiger partial charge in [-0.3, -0.25) is 0 Å². The Morgan fingerprint density at radius 1 is 1.50 bits per heavy atom. The fourth-order valence-corrected chi connectivity index (χ4v) is 1.22. The van der Waals surface area contributed by atoms with Crippen LogP contribution in [0.3, 0.4) is 0 Å². The van der Waals surface area contributed by atoms with E-state index in [9.17, 15) is 13.0 Å². The summed E-state index contributed by atoms with van der Waals surface area (Å²) in [4.78, 5) is 0. The van der Waals surface area contributed by atoms with Gasteiger partial charge in [-0.2, -0.15) is 0 Å². The van der Waals surface area contributed by atoms with E-state index in [1.807, 2.05) is 7.05 Å². The average Bonchev–Trinajstić information content (AvgIpc) is 2.13. The van der Waals surface area contributed by atoms with E-state index in [0.717, 1.165) is 13.0 Å². The van der Waals surface area contributed by atoms with Crippen molar-refractivity contribution in [1.29, 1.82) is 0 Å². The zero-order valence-electron chi connectivity index (χ0n) is 9.60. The molecule has 0 spiro atoms. The van der Waals surface area contributed by atoms with Crippen LogP contribution in [-0.2, 0) is 15.0 Å². The molecule has 7 nitrogen and oxygen atoms in total. The molecule has 0 aliphatic carbocycles. The van der Waals surface area contributed by atoms with Crippen LogP contribution in [0.5, 0.6) is 0 Å². The Balaban J connectivity index is 0. The smallest absolute Gasteiger partial charge is 0.735 e. The molecule has 0 saturated heterocycles. The van der Waals surface area contributed by atoms with Crippen molar-refractivity contribution in [1.82, 2.24) is 10.0 Å². The number of aliphatic hydroxyl groups is 1. The summed E-state index contributed by atoms with van der Waals surface area (Å²) >= 11 is 0. The normalized spacial score (nSPS) is 13.2. The van der Waals surface area contributed by atoms with Gasteiger partial charge in [0.25, 0.3) is 0 Å². The van der Waals surface area contributed by atoms with Crippen molar-refractivity contribution in [2.45, 2.75) is 12.5 Å². The number of rotatable bonds is 9. The van der Waals surface area contributed by atoms with Gasteiger partial charge in [-0.05, 0) is 20.0 Å². The molecule has 1 atom stereocenters. The maximum atomic E-state index is 10.1. The van der Waals surface area contributed by atoms with E-state index in [1.54, 1.807) is 4.72 Å². The third kappa shape index (κ3) is 15.4. The van der Waals surface area contributed by atoms with E-state index in [-0.39, 0.29) is 64.5 Å². The summed E-state index contributed by atoms with van der Waals surface area (Å²) in [5, 5.41) is 12.1. The van der Waals surface area contributed by atoms with Crippen LogP contribution in [0.4, 0.5) is 0 Å². The van der Waals surface area contributed by atoms with Crippen molar-refractivity contribution in [2.24, 2.45) is 0 Å². The van der Waals surface area contributed by atoms with E-state index in [4.69, 9.17) is 9.84 Å². The van der Waals surface area contributed by atoms with Crippen molar-refractivity contribution in [2.75, 3.05) is 33.4 Å². The minimum absolute atomic E-state index is 0. The average molecular weight is 280 g/mol. The van der Waals surface area contributed by atoms with E-state index in [1.165, 1.54) is 0 Å². The second-order valence-electron chi connectivity index (χ2n) is 2.99. The van der Waals surface area contributed by atoms with Crippen LogP contribution in [-0.4, -0.2) is 57.5 Å². The van der Waals surface area contributed by atoms with Gasteiger partial charge >= 0.3 is 51.4 Å². The molecule has 0 aliphatic rings. The maximum absolute atomic E-state index is 10.1. The van der Waals surface area contributed by atoms with Crippen LogP contribution in [0, 0.1) is 0 Å². The Bertz CT molecular complexity index is 249. The molecule has 0 fully saturated rings. The minimum atomic E-state index is -4.48. The standard InChI is InChI=1S/C7H18N2O5S.K/c1-8-3-2-4-14-6-7(10)5-9-15(11,12)13;/h7-10H,2-6H2,1H3,(H,11,12,13);/q;+1/p-1. The topological polar surface area (TPSA) is 111 Å². The zero-order valence-corrected chi connectivity index (χ0v) is 13.5. The van der Waals surface area contributed by atoms with Crippen molar-refractivity contribution >= 4 is 10.3 Å². The molecule has 0 aromatic rings. The van der Waals surface area contributed by atoms with Crippen LogP contribution >= 0.6 is 0 Å². The van der Waals surface area contributed by atoms with Gasteiger partial charge in [0, 0.05) is 13.2 Å². The van der Waals surface area contributed by atoms with Crippen molar-refractivity contribution in [3.63, 3.8) is 0 Å². The predicted octanol–water partition coefficient (Wildman–Crippen LogP) is -4.97. The number of nitrogens with one attached hydrogen (secondary N) is 2. The molecule has 0 bridgehead atoms. The Morgan fingerprint density at radius 3 is 2.62 bits per heavy atom. The van der Waals surface area contributed by atoms with Gasteiger partial charge in [0.2, 0.25) is 0 Å². The van der Waals surface area contributed by atoms with Gasteiger partial charge in [-0.15, -0.1) is 0 Å². The number of ether oxygens (including phenoxy) is 1. The van der Waals surface area contributed by atoms with Crippen LogP contribution in [0.2, 0.25) is 0 Å². The Labute approximate surface area is 139 Å². The fourth-order valence-electron chi connectivity index (χ4n) is 0.828. The first-order chi connectivity index (χ1) is 6.95. The third-order valence-electron chi connectivity index (χ3n) is 1.52. The van der Waals surface area contributed by atoms with Crippen LogP contribution in [0.25, 0.3) is 0 Å². The SMILES string of the molecule is CNCCCOCC(O)CNS(=O)(=O)[O-].[K+]. The molecule has 0 aliphatic heterocycles. The van der Waals surface area contributed by atoms with Gasteiger partial charge in [-0.25, -0.2) is 13.1 Å². The summed E-state index contributed by atoms with van der Waals surface area (Å²) in [6.07, 6.45) is -0.195. The van der Waals surface area contributed by atoms with Crippen molar-refractivity contribution < 1.29 is 74.2 Å². The summed E-state index contributed by atoms with van der Waals surface area (Å²) in [6.45, 7) is 0.968. The number of hydrogen-bond donors (Lipinski definition) is 3. The first-order valence-electron chi connectivity index (χ1n) is 4.56. The Kier molecular flexibility index (Phi) is 14.1. The molecular weight excluding hydrogens is 263 g/mol. The molecule has 16 heavy (non-hydrogen) atoms. The molecular formula is C7H17KN2O5S. The van der Waals surface area contributed by atoms with Crippen molar-refractivity contribution in [3.8, 4) is 0 Å². The Morgan fingerprint density at radius 2 is 2.12 bits per heavy atom. The summed E-state index contributed by atoms with van der Waals surface area (Å²) in [5.41, 5.74) is 0. The first-order valence-corrected chi connectivity index (χ1v) is 5.97. The van der Waals surface area contributed by atoms with Gasteiger partial charge < -0.3 is 19.7 Å². The number of aliphatic hydroxyl groups excluding tert-OH is 1. The van der Waals surface area contributed by atoms with E-state index in [2.05, 4.69) is 5.32 Å². The van der Waals surface area contributed by atoms with E-state index >= 15 is 0 Å². The molecule has 0 aromatic heterocycles. The molecule has 0 radical (unpaired) electrons. The van der Waals surface area contributed by atoms with Gasteiger partial charge in [-0.1, -0.05) is 0 Å². The quantitative estimate of drug-likeness (QED) is 0.222. The minimum Gasteiger partial charge on any atom is -0.735 e. The molecule has 0 heterocycles. The summed E-state index contributed by atoms with van der Waals surface area (Å²) in [7, 11) is -2.67. The summed E-state index contributed by atoms with van der Waals surface area (Å²) in [6, 6.07) is 0. The van der Waals surface area contributed by atoms with Crippen LogP contribution in [0.15, 0.2) is 0 Å². The molecule has 3 N–H and O–H groups in total. The van der Waals surface area contributed by atoms with E-state index in [0.29, 0.717) is 6.61 Å². The van der Waals surface area contributed by atoms with Gasteiger partial charge in [0.15, 0.2) is 10.3 Å². The molecule has 9 heteroatoms. The fraction of sp³-hybridized carbons (Fsp3) is 1.00. The molecule has 0 aromatic carbocycles. The van der Waals surface area contributed by atoms with E-state index < -0.39 is 16.4 Å². The molecule has 0 saturated carbocycles. The second kappa shape index (κ2) is 11.5. The molecule has 0 amide bonds. The molecule has 1 unspecified atom stereocenters. The molecule has 92 valence electrons. The van der Waals surface area contributed by atoms with Crippen LogP contribution < -0.4 is 61.4 Å². The molecule has 0 rings (SSSR count). The maximum Gasteiger partial charge on any atom is 1.00 e. The monoisotopic (exact) mass is 280 g/mol. The number of hydrogen-bond acceptors (Lipinski definition) is 6. The van der Waals surface area contributed by atoms with Gasteiger partial charge in [0.05, 0.1) is 12.7 Å². The zero-order chi connectivity index (χ0) is 11.7. The van der Waals surface area contributed by atoms with Crippen molar-refractivity contribution in [3.05, 3.63) is 0 Å². The van der Waals surface area contributed by atoms with Crippen LogP contribution in [0.1, 0.15) is 6.42 Å². The summed E-state index contributed by atoms with van der Waals surface area (Å²) < 4.78 is 37.1. The summed E-state index contributed by atoms with van der Waals surface area (Å²) in [5.74, 6) is 0. The van der Waals surface area contributed by atoms with Gasteiger partial charge in [0.1, 0.15) is 0 Å². The second-order valence-corrected chi connectivity index (χ2v) is 4.19. The largest absolute Gasteiger partial charge is 1.00 e. The third-order valence-corrected chi connectivity index (χ3v) is 2.04. The first kappa shape index (κ1) is 19.7.